The standard InChI is InChI=1S/C4H4O3.Rh/c5-1-4(2-6)3-7;/h1-4H;. The van der Waals surface area contributed by atoms with Gasteiger partial charge in [-0.1, -0.05) is 0 Å². The summed E-state index contributed by atoms with van der Waals surface area (Å²) in [4.78, 5) is 28.5. The Hall–Kier alpha value is -0.367. The molecule has 0 heterocycles. The van der Waals surface area contributed by atoms with Crippen LogP contribution in [-0.2, 0) is 33.9 Å². The number of carbonyl (C=O) groups excluding carboxylic acids is 3. The molecule has 0 unspecified atom stereocenters. The SMILES string of the molecule is O=CC(C=O)C=O.[Rh]. The first kappa shape index (κ1) is 10.6. The Kier molecular flexibility index (Phi) is 8.78. The maximum absolute atomic E-state index is 9.50. The van der Waals surface area contributed by atoms with Crippen LogP contribution >= 0.6 is 0 Å². The molecule has 0 aliphatic rings. The molecule has 0 aliphatic carbocycles. The van der Waals surface area contributed by atoms with Gasteiger partial charge in [-0.3, -0.25) is 0 Å². The van der Waals surface area contributed by atoms with E-state index in [0.717, 1.165) is 0 Å². The molecule has 0 saturated heterocycles. The topological polar surface area (TPSA) is 51.2 Å². The van der Waals surface area contributed by atoms with E-state index in [0.29, 0.717) is 18.9 Å². The summed E-state index contributed by atoms with van der Waals surface area (Å²) in [6.07, 6.45) is 0.875. The van der Waals surface area contributed by atoms with E-state index in [-0.39, 0.29) is 19.5 Å². The van der Waals surface area contributed by atoms with Gasteiger partial charge in [-0.15, -0.1) is 0 Å². The normalized spacial score (nSPS) is 7.12. The molecular formula is C4H4O3Rh. The third-order valence-corrected chi connectivity index (χ3v) is 0.471. The summed E-state index contributed by atoms with van der Waals surface area (Å²) >= 11 is 0. The summed E-state index contributed by atoms with van der Waals surface area (Å²) in [6.45, 7) is 0. The molecule has 0 aromatic carbocycles. The zero-order valence-corrected chi connectivity index (χ0v) is 5.51. The molecule has 0 fully saturated rings. The van der Waals surface area contributed by atoms with E-state index < -0.39 is 5.92 Å². The van der Waals surface area contributed by atoms with Crippen molar-refractivity contribution in [3.63, 3.8) is 0 Å². The van der Waals surface area contributed by atoms with E-state index in [4.69, 9.17) is 0 Å². The third kappa shape index (κ3) is 3.81. The second kappa shape index (κ2) is 6.63. The van der Waals surface area contributed by atoms with Crippen molar-refractivity contribution in [1.29, 1.82) is 0 Å². The van der Waals surface area contributed by atoms with Crippen LogP contribution in [0.25, 0.3) is 0 Å². The van der Waals surface area contributed by atoms with Crippen LogP contribution in [0.4, 0.5) is 0 Å². The molecule has 0 amide bonds. The number of carbonyl (C=O) groups is 3. The molecule has 0 spiro atoms. The van der Waals surface area contributed by atoms with Gasteiger partial charge in [0.1, 0.15) is 24.8 Å². The third-order valence-electron chi connectivity index (χ3n) is 0.471. The van der Waals surface area contributed by atoms with Crippen LogP contribution in [0, 0.1) is 5.92 Å². The largest absolute Gasteiger partial charge is 0.302 e. The maximum Gasteiger partial charge on any atom is 0.137 e. The van der Waals surface area contributed by atoms with Gasteiger partial charge < -0.3 is 14.4 Å². The Labute approximate surface area is 59.2 Å². The summed E-state index contributed by atoms with van der Waals surface area (Å²) < 4.78 is 0. The molecule has 0 atom stereocenters. The van der Waals surface area contributed by atoms with Crippen LogP contribution in [0.3, 0.4) is 0 Å². The number of hydrogen-bond donors (Lipinski definition) is 0. The predicted molar refractivity (Wildman–Crippen MR) is 21.7 cm³/mol. The van der Waals surface area contributed by atoms with Crippen LogP contribution in [0.2, 0.25) is 0 Å². The minimum Gasteiger partial charge on any atom is -0.302 e. The van der Waals surface area contributed by atoms with Gasteiger partial charge in [0.15, 0.2) is 0 Å². The molecule has 8 heavy (non-hydrogen) atoms. The first-order valence-corrected chi connectivity index (χ1v) is 1.71. The van der Waals surface area contributed by atoms with E-state index in [9.17, 15) is 14.4 Å². The first-order chi connectivity index (χ1) is 3.35. The Balaban J connectivity index is 0. The Bertz CT molecular complexity index is 72.3. The Morgan fingerprint density at radius 1 is 0.875 bits per heavy atom. The molecule has 47 valence electrons. The van der Waals surface area contributed by atoms with Crippen molar-refractivity contribution in [1.82, 2.24) is 0 Å². The zero-order chi connectivity index (χ0) is 5.70. The fourth-order valence-electron chi connectivity index (χ4n) is 0.0962. The average molecular weight is 203 g/mol. The number of hydrogen-bond acceptors (Lipinski definition) is 3. The molecule has 0 saturated carbocycles. The zero-order valence-electron chi connectivity index (χ0n) is 3.87. The Morgan fingerprint density at radius 2 is 1.12 bits per heavy atom. The van der Waals surface area contributed by atoms with Crippen molar-refractivity contribution in [2.45, 2.75) is 0 Å². The second-order valence-corrected chi connectivity index (χ2v) is 0.986. The van der Waals surface area contributed by atoms with Gasteiger partial charge in [-0.05, 0) is 0 Å². The van der Waals surface area contributed by atoms with Crippen LogP contribution in [0.15, 0.2) is 0 Å². The minimum atomic E-state index is -1.06. The van der Waals surface area contributed by atoms with Gasteiger partial charge in [0.25, 0.3) is 0 Å². The Morgan fingerprint density at radius 3 is 1.12 bits per heavy atom. The molecule has 3 nitrogen and oxygen atoms in total. The first-order valence-electron chi connectivity index (χ1n) is 1.71. The van der Waals surface area contributed by atoms with Gasteiger partial charge in [-0.25, -0.2) is 0 Å². The quantitative estimate of drug-likeness (QED) is 0.342. The van der Waals surface area contributed by atoms with Gasteiger partial charge in [0, 0.05) is 19.5 Å². The smallest absolute Gasteiger partial charge is 0.137 e. The number of aldehydes is 3. The fraction of sp³-hybridized carbons (Fsp3) is 0.250. The molecule has 0 aliphatic heterocycles. The van der Waals surface area contributed by atoms with Crippen LogP contribution < -0.4 is 0 Å². The molecule has 0 bridgehead atoms. The van der Waals surface area contributed by atoms with E-state index in [1.165, 1.54) is 0 Å². The van der Waals surface area contributed by atoms with Crippen LogP contribution in [0.1, 0.15) is 0 Å². The van der Waals surface area contributed by atoms with Crippen molar-refractivity contribution in [3.05, 3.63) is 0 Å². The van der Waals surface area contributed by atoms with Gasteiger partial charge in [-0.2, -0.15) is 0 Å². The van der Waals surface area contributed by atoms with Crippen LogP contribution in [0.5, 0.6) is 0 Å². The van der Waals surface area contributed by atoms with E-state index in [1.54, 1.807) is 0 Å². The van der Waals surface area contributed by atoms with Crippen molar-refractivity contribution in [2.75, 3.05) is 0 Å². The monoisotopic (exact) mass is 203 g/mol. The van der Waals surface area contributed by atoms with Gasteiger partial charge in [0.2, 0.25) is 0 Å². The van der Waals surface area contributed by atoms with Crippen molar-refractivity contribution in [2.24, 2.45) is 5.92 Å². The molecule has 4 heteroatoms. The summed E-state index contributed by atoms with van der Waals surface area (Å²) in [7, 11) is 0. The molecule has 1 radical (unpaired) electrons. The fourth-order valence-corrected chi connectivity index (χ4v) is 0.0962. The number of rotatable bonds is 3. The minimum absolute atomic E-state index is 0. The molecular weight excluding hydrogens is 199 g/mol. The van der Waals surface area contributed by atoms with Crippen molar-refractivity contribution in [3.8, 4) is 0 Å². The molecule has 0 aromatic heterocycles. The van der Waals surface area contributed by atoms with E-state index in [2.05, 4.69) is 0 Å². The second-order valence-electron chi connectivity index (χ2n) is 0.986. The van der Waals surface area contributed by atoms with E-state index >= 15 is 0 Å². The predicted octanol–water partition coefficient (Wildman–Crippen LogP) is -0.803. The van der Waals surface area contributed by atoms with Gasteiger partial charge >= 0.3 is 0 Å². The summed E-state index contributed by atoms with van der Waals surface area (Å²) in [5.41, 5.74) is 0. The van der Waals surface area contributed by atoms with Crippen molar-refractivity contribution < 1.29 is 33.9 Å². The molecule has 0 aromatic rings. The van der Waals surface area contributed by atoms with Crippen LogP contribution in [-0.4, -0.2) is 18.9 Å². The maximum atomic E-state index is 9.50. The van der Waals surface area contributed by atoms with E-state index in [1.807, 2.05) is 0 Å². The summed E-state index contributed by atoms with van der Waals surface area (Å²) in [6, 6.07) is 0. The summed E-state index contributed by atoms with van der Waals surface area (Å²) in [5.74, 6) is -1.06. The summed E-state index contributed by atoms with van der Waals surface area (Å²) in [5, 5.41) is 0. The van der Waals surface area contributed by atoms with Gasteiger partial charge in [0.05, 0.1) is 0 Å². The molecule has 0 rings (SSSR count). The molecule has 0 N–H and O–H groups in total. The van der Waals surface area contributed by atoms with Crippen molar-refractivity contribution >= 4 is 18.9 Å². The average Bonchev–Trinajstić information content (AvgIpc) is 1.72.